The molecule has 1 aromatic rings. The third kappa shape index (κ3) is 3.18. The van der Waals surface area contributed by atoms with E-state index in [0.29, 0.717) is 4.99 Å². The van der Waals surface area contributed by atoms with Crippen LogP contribution in [0.1, 0.15) is 31.7 Å². The first kappa shape index (κ1) is 14.1. The standard InChI is InChI=1S/C15H22N2OS/c1-3-11-5-4-8-17(10-11)14-9-12(18-2)6-7-13(14)15(16)19/h6-7,9,11H,3-5,8,10H2,1-2H3,(H2,16,19). The number of piperidine rings is 1. The van der Waals surface area contributed by atoms with Crippen molar-refractivity contribution in [3.8, 4) is 5.75 Å². The Morgan fingerprint density at radius 1 is 1.53 bits per heavy atom. The Hall–Kier alpha value is -1.29. The van der Waals surface area contributed by atoms with Gasteiger partial charge in [0.1, 0.15) is 10.7 Å². The first-order valence-electron chi connectivity index (χ1n) is 6.88. The van der Waals surface area contributed by atoms with Crippen LogP contribution in [-0.4, -0.2) is 25.2 Å². The second-order valence-corrected chi connectivity index (χ2v) is 5.55. The lowest BCUT2D eigenvalue weighted by molar-refractivity contribution is 0.401. The Labute approximate surface area is 120 Å². The molecule has 2 N–H and O–H groups in total. The number of ether oxygens (including phenoxy) is 1. The summed E-state index contributed by atoms with van der Waals surface area (Å²) in [5.74, 6) is 1.62. The predicted octanol–water partition coefficient (Wildman–Crippen LogP) is 2.96. The van der Waals surface area contributed by atoms with Crippen LogP contribution in [0.4, 0.5) is 5.69 Å². The maximum Gasteiger partial charge on any atom is 0.120 e. The number of thiocarbonyl (C=S) groups is 1. The summed E-state index contributed by atoms with van der Waals surface area (Å²) in [6.45, 7) is 4.41. The molecule has 0 saturated carbocycles. The Balaban J connectivity index is 2.32. The van der Waals surface area contributed by atoms with E-state index in [1.54, 1.807) is 7.11 Å². The highest BCUT2D eigenvalue weighted by Gasteiger charge is 2.21. The largest absolute Gasteiger partial charge is 0.497 e. The van der Waals surface area contributed by atoms with Crippen molar-refractivity contribution in [2.45, 2.75) is 26.2 Å². The fourth-order valence-electron chi connectivity index (χ4n) is 2.73. The number of nitrogens with zero attached hydrogens (tertiary/aromatic N) is 1. The molecule has 1 heterocycles. The third-order valence-electron chi connectivity index (χ3n) is 3.91. The van der Waals surface area contributed by atoms with Crippen molar-refractivity contribution in [3.05, 3.63) is 23.8 Å². The maximum atomic E-state index is 5.84. The van der Waals surface area contributed by atoms with Gasteiger partial charge in [0.25, 0.3) is 0 Å². The first-order chi connectivity index (χ1) is 9.15. The lowest BCUT2D eigenvalue weighted by Gasteiger charge is -2.35. The van der Waals surface area contributed by atoms with Crippen LogP contribution in [-0.2, 0) is 0 Å². The van der Waals surface area contributed by atoms with E-state index in [1.807, 2.05) is 18.2 Å². The van der Waals surface area contributed by atoms with E-state index in [2.05, 4.69) is 11.8 Å². The molecule has 104 valence electrons. The van der Waals surface area contributed by atoms with Crippen molar-refractivity contribution in [1.29, 1.82) is 0 Å². The SMILES string of the molecule is CCC1CCCN(c2cc(OC)ccc2C(N)=S)C1. The summed E-state index contributed by atoms with van der Waals surface area (Å²) in [4.78, 5) is 2.85. The van der Waals surface area contributed by atoms with E-state index in [0.717, 1.165) is 36.0 Å². The number of methoxy groups -OCH3 is 1. The summed E-state index contributed by atoms with van der Waals surface area (Å²) in [7, 11) is 1.69. The highest BCUT2D eigenvalue weighted by atomic mass is 32.1. The quantitative estimate of drug-likeness (QED) is 0.859. The van der Waals surface area contributed by atoms with Crippen LogP contribution in [0, 0.1) is 5.92 Å². The molecule has 1 atom stereocenters. The average molecular weight is 278 g/mol. The van der Waals surface area contributed by atoms with Crippen LogP contribution in [0.15, 0.2) is 18.2 Å². The van der Waals surface area contributed by atoms with Gasteiger partial charge in [0.15, 0.2) is 0 Å². The van der Waals surface area contributed by atoms with Crippen LogP contribution in [0.25, 0.3) is 0 Å². The predicted molar refractivity (Wildman–Crippen MR) is 84.1 cm³/mol. The fraction of sp³-hybridized carbons (Fsp3) is 0.533. The molecule has 1 fully saturated rings. The highest BCUT2D eigenvalue weighted by Crippen LogP contribution is 2.30. The normalized spacial score (nSPS) is 19.3. The van der Waals surface area contributed by atoms with Gasteiger partial charge in [-0.05, 0) is 30.9 Å². The molecule has 1 aromatic carbocycles. The van der Waals surface area contributed by atoms with Crippen molar-refractivity contribution in [3.63, 3.8) is 0 Å². The van der Waals surface area contributed by atoms with Gasteiger partial charge >= 0.3 is 0 Å². The molecule has 3 nitrogen and oxygen atoms in total. The summed E-state index contributed by atoms with van der Waals surface area (Å²) in [5, 5.41) is 0. The average Bonchev–Trinajstić information content (AvgIpc) is 2.46. The molecular formula is C15H22N2OS. The van der Waals surface area contributed by atoms with Crippen molar-refractivity contribution in [2.24, 2.45) is 11.7 Å². The van der Waals surface area contributed by atoms with Crippen LogP contribution in [0.5, 0.6) is 5.75 Å². The van der Waals surface area contributed by atoms with Gasteiger partial charge in [-0.3, -0.25) is 0 Å². The summed E-state index contributed by atoms with van der Waals surface area (Å²) in [5.41, 5.74) is 7.91. The van der Waals surface area contributed by atoms with Crippen molar-refractivity contribution >= 4 is 22.9 Å². The minimum Gasteiger partial charge on any atom is -0.497 e. The zero-order chi connectivity index (χ0) is 13.8. The molecule has 4 heteroatoms. The molecule has 0 aliphatic carbocycles. The molecule has 1 aliphatic rings. The molecule has 1 unspecified atom stereocenters. The smallest absolute Gasteiger partial charge is 0.120 e. The molecule has 0 spiro atoms. The number of hydrogen-bond acceptors (Lipinski definition) is 3. The van der Waals surface area contributed by atoms with E-state index >= 15 is 0 Å². The molecule has 2 rings (SSSR count). The minimum atomic E-state index is 0.455. The number of benzene rings is 1. The molecule has 1 saturated heterocycles. The highest BCUT2D eigenvalue weighted by molar-refractivity contribution is 7.80. The maximum absolute atomic E-state index is 5.84. The summed E-state index contributed by atoms with van der Waals surface area (Å²) < 4.78 is 5.32. The Morgan fingerprint density at radius 3 is 2.95 bits per heavy atom. The summed E-state index contributed by atoms with van der Waals surface area (Å²) >= 11 is 5.17. The number of rotatable bonds is 4. The summed E-state index contributed by atoms with van der Waals surface area (Å²) in [6.07, 6.45) is 3.77. The molecule has 19 heavy (non-hydrogen) atoms. The van der Waals surface area contributed by atoms with Crippen molar-refractivity contribution < 1.29 is 4.74 Å². The lowest BCUT2D eigenvalue weighted by atomic mass is 9.94. The van der Waals surface area contributed by atoms with Gasteiger partial charge in [0.2, 0.25) is 0 Å². The van der Waals surface area contributed by atoms with Gasteiger partial charge in [-0.2, -0.15) is 0 Å². The zero-order valence-electron chi connectivity index (χ0n) is 11.7. The molecule has 0 radical (unpaired) electrons. The molecule has 0 bridgehead atoms. The molecule has 1 aliphatic heterocycles. The van der Waals surface area contributed by atoms with Crippen LogP contribution < -0.4 is 15.4 Å². The van der Waals surface area contributed by atoms with Gasteiger partial charge in [0, 0.05) is 24.7 Å². The number of hydrogen-bond donors (Lipinski definition) is 1. The zero-order valence-corrected chi connectivity index (χ0v) is 12.5. The molecular weight excluding hydrogens is 256 g/mol. The van der Waals surface area contributed by atoms with Gasteiger partial charge in [-0.1, -0.05) is 25.6 Å². The minimum absolute atomic E-state index is 0.455. The Kier molecular flexibility index (Phi) is 4.64. The second kappa shape index (κ2) is 6.24. The van der Waals surface area contributed by atoms with Crippen LogP contribution in [0.3, 0.4) is 0 Å². The van der Waals surface area contributed by atoms with Crippen LogP contribution in [0.2, 0.25) is 0 Å². The third-order valence-corrected chi connectivity index (χ3v) is 4.13. The Bertz CT molecular complexity index is 461. The topological polar surface area (TPSA) is 38.5 Å². The van der Waals surface area contributed by atoms with Gasteiger partial charge < -0.3 is 15.4 Å². The number of nitrogens with two attached hydrogens (primary N) is 1. The number of anilines is 1. The summed E-state index contributed by atoms with van der Waals surface area (Å²) in [6, 6.07) is 5.93. The first-order valence-corrected chi connectivity index (χ1v) is 7.29. The van der Waals surface area contributed by atoms with Crippen molar-refractivity contribution in [1.82, 2.24) is 0 Å². The van der Waals surface area contributed by atoms with Gasteiger partial charge in [-0.15, -0.1) is 0 Å². The molecule has 0 amide bonds. The van der Waals surface area contributed by atoms with E-state index in [4.69, 9.17) is 22.7 Å². The fourth-order valence-corrected chi connectivity index (χ4v) is 2.90. The second-order valence-electron chi connectivity index (χ2n) is 5.11. The van der Waals surface area contributed by atoms with Gasteiger partial charge in [0.05, 0.1) is 12.8 Å². The van der Waals surface area contributed by atoms with Crippen molar-refractivity contribution in [2.75, 3.05) is 25.1 Å². The lowest BCUT2D eigenvalue weighted by Crippen LogP contribution is -2.36. The van der Waals surface area contributed by atoms with E-state index in [-0.39, 0.29) is 0 Å². The molecule has 0 aromatic heterocycles. The Morgan fingerprint density at radius 2 is 2.32 bits per heavy atom. The van der Waals surface area contributed by atoms with E-state index in [1.165, 1.54) is 19.3 Å². The monoisotopic (exact) mass is 278 g/mol. The van der Waals surface area contributed by atoms with E-state index < -0.39 is 0 Å². The van der Waals surface area contributed by atoms with Gasteiger partial charge in [-0.25, -0.2) is 0 Å². The van der Waals surface area contributed by atoms with E-state index in [9.17, 15) is 0 Å². The van der Waals surface area contributed by atoms with Crippen LogP contribution >= 0.6 is 12.2 Å².